The molecule has 0 bridgehead atoms. The molecule has 2 N–H and O–H groups in total. The molecule has 0 radical (unpaired) electrons. The van der Waals surface area contributed by atoms with Crippen molar-refractivity contribution in [1.82, 2.24) is 9.62 Å². The third-order valence-corrected chi connectivity index (χ3v) is 7.04. The van der Waals surface area contributed by atoms with E-state index in [9.17, 15) is 13.2 Å². The van der Waals surface area contributed by atoms with Crippen molar-refractivity contribution in [3.63, 3.8) is 0 Å². The summed E-state index contributed by atoms with van der Waals surface area (Å²) >= 11 is 6.14. The molecule has 0 aliphatic carbocycles. The van der Waals surface area contributed by atoms with Crippen LogP contribution in [0.15, 0.2) is 41.3 Å². The Morgan fingerprint density at radius 2 is 2.00 bits per heavy atom. The van der Waals surface area contributed by atoms with Crippen molar-refractivity contribution in [3.05, 3.63) is 52.5 Å². The van der Waals surface area contributed by atoms with Crippen molar-refractivity contribution in [2.75, 3.05) is 31.6 Å². The number of ether oxygens (including phenoxy) is 1. The summed E-state index contributed by atoms with van der Waals surface area (Å²) in [6.45, 7) is 2.84. The fourth-order valence-corrected chi connectivity index (χ4v) is 5.23. The van der Waals surface area contributed by atoms with Gasteiger partial charge in [-0.3, -0.25) is 9.69 Å². The molecule has 2 aromatic carbocycles. The number of hydrogen-bond acceptors (Lipinski definition) is 5. The number of carbonyl (C=O) groups is 1. The number of benzene rings is 2. The predicted octanol–water partition coefficient (Wildman–Crippen LogP) is 2.40. The molecule has 0 unspecified atom stereocenters. The molecular weight excluding hydrogens is 414 g/mol. The van der Waals surface area contributed by atoms with Gasteiger partial charge in [-0.25, -0.2) is 13.1 Å². The fourth-order valence-electron chi connectivity index (χ4n) is 3.62. The van der Waals surface area contributed by atoms with Crippen molar-refractivity contribution in [1.29, 1.82) is 0 Å². The summed E-state index contributed by atoms with van der Waals surface area (Å²) in [5, 5.41) is 2.64. The molecule has 1 amide bonds. The number of nitrogens with one attached hydrogen (secondary N) is 2. The lowest BCUT2D eigenvalue weighted by molar-refractivity contribution is -0.118. The zero-order valence-electron chi connectivity index (χ0n) is 15.8. The van der Waals surface area contributed by atoms with Crippen molar-refractivity contribution in [3.8, 4) is 5.75 Å². The summed E-state index contributed by atoms with van der Waals surface area (Å²) < 4.78 is 33.2. The third-order valence-electron chi connectivity index (χ3n) is 5.11. The first-order valence-electron chi connectivity index (χ1n) is 9.47. The molecular formula is C20H22ClN3O4S. The normalized spacial score (nSPS) is 16.5. The largest absolute Gasteiger partial charge is 0.482 e. The number of anilines is 1. The van der Waals surface area contributed by atoms with E-state index in [4.69, 9.17) is 16.3 Å². The molecule has 0 spiro atoms. The van der Waals surface area contributed by atoms with Crippen LogP contribution in [-0.4, -0.2) is 45.5 Å². The van der Waals surface area contributed by atoms with Gasteiger partial charge in [0.25, 0.3) is 5.91 Å². The van der Waals surface area contributed by atoms with Crippen molar-refractivity contribution in [2.45, 2.75) is 24.3 Å². The first-order valence-corrected chi connectivity index (χ1v) is 11.3. The Kier molecular flexibility index (Phi) is 5.78. The number of carbonyl (C=O) groups excluding carboxylic acids is 1. The Bertz CT molecular complexity index is 1040. The lowest BCUT2D eigenvalue weighted by Crippen LogP contribution is -2.34. The average Bonchev–Trinajstić information content (AvgIpc) is 2.70. The highest BCUT2D eigenvalue weighted by molar-refractivity contribution is 7.89. The van der Waals surface area contributed by atoms with E-state index in [1.807, 2.05) is 6.07 Å². The van der Waals surface area contributed by atoms with E-state index in [0.717, 1.165) is 26.1 Å². The zero-order valence-corrected chi connectivity index (χ0v) is 17.4. The Hall–Kier alpha value is -2.13. The van der Waals surface area contributed by atoms with Gasteiger partial charge >= 0.3 is 0 Å². The zero-order chi connectivity index (χ0) is 20.4. The minimum atomic E-state index is -3.78. The van der Waals surface area contributed by atoms with Crippen molar-refractivity contribution < 1.29 is 17.9 Å². The smallest absolute Gasteiger partial charge is 0.262 e. The summed E-state index contributed by atoms with van der Waals surface area (Å²) in [6.07, 6.45) is 1.71. The summed E-state index contributed by atoms with van der Waals surface area (Å²) in [7, 11) is -3.78. The molecule has 0 aromatic heterocycles. The molecule has 0 atom stereocenters. The first-order chi connectivity index (χ1) is 13.9. The Morgan fingerprint density at radius 3 is 2.83 bits per heavy atom. The number of fused-ring (bicyclic) bond motifs is 2. The van der Waals surface area contributed by atoms with Gasteiger partial charge in [-0.05, 0) is 36.6 Å². The number of nitrogens with zero attached hydrogens (tertiary/aromatic N) is 1. The SMILES string of the molecule is O=C1COc2cc(S(=O)(=O)NCCCN3CCc4ccccc4C3)c(Cl)cc2N1. The van der Waals surface area contributed by atoms with E-state index in [0.29, 0.717) is 24.4 Å². The van der Waals surface area contributed by atoms with Crippen LogP contribution in [0.5, 0.6) is 5.75 Å². The van der Waals surface area contributed by atoms with Crippen LogP contribution < -0.4 is 14.8 Å². The second-order valence-electron chi connectivity index (χ2n) is 7.16. The quantitative estimate of drug-likeness (QED) is 0.680. The van der Waals surface area contributed by atoms with Crippen LogP contribution in [0, 0.1) is 0 Å². The van der Waals surface area contributed by atoms with E-state index in [2.05, 4.69) is 33.1 Å². The molecule has 2 aliphatic rings. The Morgan fingerprint density at radius 1 is 1.21 bits per heavy atom. The summed E-state index contributed by atoms with van der Waals surface area (Å²) in [4.78, 5) is 13.7. The highest BCUT2D eigenvalue weighted by Crippen LogP contribution is 2.35. The summed E-state index contributed by atoms with van der Waals surface area (Å²) in [6, 6.07) is 11.2. The van der Waals surface area contributed by atoms with Crippen molar-refractivity contribution in [2.24, 2.45) is 0 Å². The predicted molar refractivity (Wildman–Crippen MR) is 111 cm³/mol. The molecule has 29 heavy (non-hydrogen) atoms. The van der Waals surface area contributed by atoms with Crippen LogP contribution >= 0.6 is 11.6 Å². The van der Waals surface area contributed by atoms with E-state index < -0.39 is 10.0 Å². The van der Waals surface area contributed by atoms with E-state index in [-0.39, 0.29) is 22.4 Å². The van der Waals surface area contributed by atoms with Crippen LogP contribution in [0.4, 0.5) is 5.69 Å². The maximum atomic E-state index is 12.7. The van der Waals surface area contributed by atoms with Gasteiger partial charge in [0.05, 0.1) is 10.7 Å². The van der Waals surface area contributed by atoms with Gasteiger partial charge in [0.15, 0.2) is 6.61 Å². The van der Waals surface area contributed by atoms with Gasteiger partial charge in [-0.15, -0.1) is 0 Å². The Balaban J connectivity index is 1.34. The van der Waals surface area contributed by atoms with E-state index >= 15 is 0 Å². The van der Waals surface area contributed by atoms with Gasteiger partial charge < -0.3 is 10.1 Å². The van der Waals surface area contributed by atoms with E-state index in [1.54, 1.807) is 0 Å². The maximum absolute atomic E-state index is 12.7. The molecule has 2 aromatic rings. The number of amides is 1. The van der Waals surface area contributed by atoms with Gasteiger partial charge in [0.2, 0.25) is 10.0 Å². The highest BCUT2D eigenvalue weighted by atomic mass is 35.5. The molecule has 2 aliphatic heterocycles. The monoisotopic (exact) mass is 435 g/mol. The summed E-state index contributed by atoms with van der Waals surface area (Å²) in [5.41, 5.74) is 3.10. The standard InChI is InChI=1S/C20H22ClN3O4S/c21-16-10-17-18(28-13-20(25)23-17)11-19(16)29(26,27)22-7-3-8-24-9-6-14-4-1-2-5-15(14)12-24/h1-2,4-5,10-11,22H,3,6-9,12-13H2,(H,23,25). The second kappa shape index (κ2) is 8.31. The van der Waals surface area contributed by atoms with Gasteiger partial charge in [-0.2, -0.15) is 0 Å². The third kappa shape index (κ3) is 4.56. The number of sulfonamides is 1. The number of hydrogen-bond donors (Lipinski definition) is 2. The van der Waals surface area contributed by atoms with Gasteiger partial charge in [-0.1, -0.05) is 35.9 Å². The average molecular weight is 436 g/mol. The maximum Gasteiger partial charge on any atom is 0.262 e. The Labute approximate surface area is 175 Å². The fraction of sp³-hybridized carbons (Fsp3) is 0.350. The topological polar surface area (TPSA) is 87.7 Å². The molecule has 9 heteroatoms. The van der Waals surface area contributed by atoms with E-state index in [1.165, 1.54) is 23.3 Å². The molecule has 4 rings (SSSR count). The van der Waals surface area contributed by atoms with Crippen molar-refractivity contribution >= 4 is 33.2 Å². The molecule has 0 saturated carbocycles. The second-order valence-corrected chi connectivity index (χ2v) is 9.30. The minimum Gasteiger partial charge on any atom is -0.482 e. The van der Waals surface area contributed by atoms with Crippen LogP contribution in [-0.2, 0) is 27.8 Å². The van der Waals surface area contributed by atoms with Crippen LogP contribution in [0.1, 0.15) is 17.5 Å². The molecule has 0 fully saturated rings. The van der Waals surface area contributed by atoms with Gasteiger partial charge in [0.1, 0.15) is 10.6 Å². The molecule has 0 saturated heterocycles. The highest BCUT2D eigenvalue weighted by Gasteiger charge is 2.24. The molecule has 7 nitrogen and oxygen atoms in total. The minimum absolute atomic E-state index is 0.0367. The number of rotatable bonds is 6. The lowest BCUT2D eigenvalue weighted by atomic mass is 10.00. The molecule has 2 heterocycles. The lowest BCUT2D eigenvalue weighted by Gasteiger charge is -2.28. The van der Waals surface area contributed by atoms with Crippen LogP contribution in [0.25, 0.3) is 0 Å². The summed E-state index contributed by atoms with van der Waals surface area (Å²) in [5.74, 6) is -0.0102. The number of halogens is 1. The van der Waals surface area contributed by atoms with Gasteiger partial charge in [0, 0.05) is 25.7 Å². The first kappa shape index (κ1) is 20.2. The van der Waals surface area contributed by atoms with Crippen LogP contribution in [0.2, 0.25) is 5.02 Å². The van der Waals surface area contributed by atoms with Crippen LogP contribution in [0.3, 0.4) is 0 Å². The molecule has 154 valence electrons.